The van der Waals surface area contributed by atoms with Crippen molar-refractivity contribution in [3.05, 3.63) is 12.1 Å². The van der Waals surface area contributed by atoms with Crippen molar-refractivity contribution in [2.24, 2.45) is 0 Å². The van der Waals surface area contributed by atoms with Crippen molar-refractivity contribution < 1.29 is 28.9 Å². The average Bonchev–Trinajstić information content (AvgIpc) is 2.65. The van der Waals surface area contributed by atoms with E-state index in [2.05, 4.69) is 0 Å². The minimum atomic E-state index is -0.980. The van der Waals surface area contributed by atoms with Crippen LogP contribution in [0.5, 0.6) is 17.2 Å². The van der Waals surface area contributed by atoms with Gasteiger partial charge in [-0.2, -0.15) is 0 Å². The molecule has 0 saturated carbocycles. The summed E-state index contributed by atoms with van der Waals surface area (Å²) in [5, 5.41) is 9.37. The highest BCUT2D eigenvalue weighted by Gasteiger charge is 2.34. The first kappa shape index (κ1) is 18.7. The fourth-order valence-electron chi connectivity index (χ4n) is 2.98. The van der Waals surface area contributed by atoms with Crippen molar-refractivity contribution in [1.29, 1.82) is 0 Å². The van der Waals surface area contributed by atoms with E-state index >= 15 is 0 Å². The van der Waals surface area contributed by atoms with Crippen LogP contribution in [0.3, 0.4) is 0 Å². The molecule has 8 nitrogen and oxygen atoms in total. The van der Waals surface area contributed by atoms with Gasteiger partial charge < -0.3 is 24.2 Å². The van der Waals surface area contributed by atoms with E-state index in [1.165, 1.54) is 31.1 Å². The molecular formula is C17H24N2O6. The molecule has 138 valence electrons. The van der Waals surface area contributed by atoms with Crippen LogP contribution in [0.25, 0.3) is 0 Å². The molecule has 2 amide bonds. The molecule has 1 atom stereocenters. The number of carboxylic acids is 1. The third-order valence-electron chi connectivity index (χ3n) is 4.36. The number of carbonyl (C=O) groups is 2. The maximum absolute atomic E-state index is 12.8. The lowest BCUT2D eigenvalue weighted by Gasteiger charge is -2.35. The van der Waals surface area contributed by atoms with Crippen LogP contribution in [0, 0.1) is 0 Å². The van der Waals surface area contributed by atoms with Gasteiger partial charge in [0.1, 0.15) is 6.04 Å². The molecule has 0 spiro atoms. The highest BCUT2D eigenvalue weighted by Crippen LogP contribution is 2.41. The van der Waals surface area contributed by atoms with E-state index in [4.69, 9.17) is 14.2 Å². The summed E-state index contributed by atoms with van der Waals surface area (Å²) in [5.74, 6) is 0.289. The summed E-state index contributed by atoms with van der Waals surface area (Å²) < 4.78 is 15.9. The van der Waals surface area contributed by atoms with E-state index in [1.54, 1.807) is 19.2 Å². The number of piperidine rings is 1. The molecule has 0 unspecified atom stereocenters. The predicted molar refractivity (Wildman–Crippen MR) is 91.9 cm³/mol. The van der Waals surface area contributed by atoms with E-state index in [0.29, 0.717) is 35.9 Å². The van der Waals surface area contributed by atoms with Crippen LogP contribution >= 0.6 is 0 Å². The number of likely N-dealkylation sites (tertiary alicyclic amines) is 1. The normalized spacial score (nSPS) is 17.0. The number of nitrogens with zero attached hydrogens (tertiary/aromatic N) is 2. The van der Waals surface area contributed by atoms with Crippen molar-refractivity contribution in [3.8, 4) is 17.2 Å². The summed E-state index contributed by atoms with van der Waals surface area (Å²) >= 11 is 0. The standard InChI is InChI=1S/C17H24N2O6/c1-18(17(22)19-8-6-5-7-12(19)16(20)21)11-9-13(23-2)15(25-4)14(10-11)24-3/h9-10,12H,5-8H2,1-4H3,(H,20,21)/t12-/m0/s1. The lowest BCUT2D eigenvalue weighted by Crippen LogP contribution is -2.52. The Balaban J connectivity index is 2.34. The highest BCUT2D eigenvalue weighted by atomic mass is 16.5. The van der Waals surface area contributed by atoms with Crippen LogP contribution in [0.2, 0.25) is 0 Å². The number of anilines is 1. The Kier molecular flexibility index (Phi) is 5.95. The second-order valence-electron chi connectivity index (χ2n) is 5.77. The molecule has 1 N–H and O–H groups in total. The van der Waals surface area contributed by atoms with Crippen LogP contribution < -0.4 is 19.1 Å². The first-order valence-electron chi connectivity index (χ1n) is 8.01. The molecule has 1 aliphatic rings. The zero-order chi connectivity index (χ0) is 18.6. The van der Waals surface area contributed by atoms with Gasteiger partial charge in [-0.3, -0.25) is 4.90 Å². The first-order valence-corrected chi connectivity index (χ1v) is 8.01. The van der Waals surface area contributed by atoms with Gasteiger partial charge in [-0.15, -0.1) is 0 Å². The van der Waals surface area contributed by atoms with Crippen LogP contribution in [-0.2, 0) is 4.79 Å². The van der Waals surface area contributed by atoms with E-state index in [-0.39, 0.29) is 6.03 Å². The number of hydrogen-bond donors (Lipinski definition) is 1. The third kappa shape index (κ3) is 3.72. The van der Waals surface area contributed by atoms with Gasteiger partial charge >= 0.3 is 12.0 Å². The quantitative estimate of drug-likeness (QED) is 0.874. The van der Waals surface area contributed by atoms with Gasteiger partial charge in [0.05, 0.1) is 27.0 Å². The smallest absolute Gasteiger partial charge is 0.326 e. The molecule has 2 rings (SSSR count). The van der Waals surface area contributed by atoms with E-state index in [9.17, 15) is 14.7 Å². The molecule has 1 heterocycles. The summed E-state index contributed by atoms with van der Waals surface area (Å²) in [6.07, 6.45) is 2.05. The van der Waals surface area contributed by atoms with Crippen molar-refractivity contribution in [3.63, 3.8) is 0 Å². The Morgan fingerprint density at radius 3 is 2.20 bits per heavy atom. The molecule has 0 aliphatic carbocycles. The zero-order valence-electron chi connectivity index (χ0n) is 14.9. The lowest BCUT2D eigenvalue weighted by atomic mass is 10.0. The molecule has 1 aromatic rings. The monoisotopic (exact) mass is 352 g/mol. The van der Waals surface area contributed by atoms with Crippen LogP contribution in [-0.4, -0.2) is 63.0 Å². The van der Waals surface area contributed by atoms with Gasteiger partial charge in [0.25, 0.3) is 0 Å². The lowest BCUT2D eigenvalue weighted by molar-refractivity contribution is -0.143. The zero-order valence-corrected chi connectivity index (χ0v) is 14.9. The summed E-state index contributed by atoms with van der Waals surface area (Å²) in [5.41, 5.74) is 0.522. The Morgan fingerprint density at radius 1 is 1.12 bits per heavy atom. The number of urea groups is 1. The Labute approximate surface area is 146 Å². The summed E-state index contributed by atoms with van der Waals surface area (Å²) in [6.45, 7) is 0.421. The van der Waals surface area contributed by atoms with Crippen molar-refractivity contribution in [2.45, 2.75) is 25.3 Å². The number of benzene rings is 1. The number of carboxylic acid groups (broad SMARTS) is 1. The maximum Gasteiger partial charge on any atom is 0.326 e. The number of amides is 2. The molecule has 25 heavy (non-hydrogen) atoms. The SMILES string of the molecule is COc1cc(N(C)C(=O)N2CCCC[C@H]2C(=O)O)cc(OC)c1OC. The number of ether oxygens (including phenoxy) is 3. The minimum absolute atomic E-state index is 0.374. The Bertz CT molecular complexity index is 623. The predicted octanol–water partition coefficient (Wildman–Crippen LogP) is 2.21. The number of aliphatic carboxylic acids is 1. The minimum Gasteiger partial charge on any atom is -0.493 e. The number of hydrogen-bond acceptors (Lipinski definition) is 5. The Hall–Kier alpha value is -2.64. The molecule has 0 radical (unpaired) electrons. The topological polar surface area (TPSA) is 88.5 Å². The first-order chi connectivity index (χ1) is 11.9. The van der Waals surface area contributed by atoms with Gasteiger partial charge in [0.2, 0.25) is 5.75 Å². The van der Waals surface area contributed by atoms with Gasteiger partial charge in [0.15, 0.2) is 11.5 Å². The van der Waals surface area contributed by atoms with Crippen molar-refractivity contribution in [1.82, 2.24) is 4.90 Å². The molecule has 1 saturated heterocycles. The van der Waals surface area contributed by atoms with Crippen LogP contribution in [0.4, 0.5) is 10.5 Å². The van der Waals surface area contributed by atoms with Crippen LogP contribution in [0.1, 0.15) is 19.3 Å². The molecule has 0 bridgehead atoms. The molecule has 0 aromatic heterocycles. The van der Waals surface area contributed by atoms with Crippen molar-refractivity contribution in [2.75, 3.05) is 39.8 Å². The maximum atomic E-state index is 12.8. The van der Waals surface area contributed by atoms with Gasteiger partial charge in [0, 0.05) is 25.7 Å². The summed E-state index contributed by atoms with van der Waals surface area (Å²) in [6, 6.07) is 2.13. The van der Waals surface area contributed by atoms with E-state index in [1.807, 2.05) is 0 Å². The third-order valence-corrected chi connectivity index (χ3v) is 4.36. The second-order valence-corrected chi connectivity index (χ2v) is 5.77. The number of rotatable bonds is 5. The molecule has 1 aromatic carbocycles. The second kappa shape index (κ2) is 7.96. The number of carbonyl (C=O) groups excluding carboxylic acids is 1. The van der Waals surface area contributed by atoms with Gasteiger partial charge in [-0.1, -0.05) is 0 Å². The molecular weight excluding hydrogens is 328 g/mol. The number of methoxy groups -OCH3 is 3. The average molecular weight is 352 g/mol. The van der Waals surface area contributed by atoms with E-state index < -0.39 is 12.0 Å². The molecule has 1 aliphatic heterocycles. The largest absolute Gasteiger partial charge is 0.493 e. The Morgan fingerprint density at radius 2 is 1.72 bits per heavy atom. The summed E-state index contributed by atoms with van der Waals surface area (Å²) in [4.78, 5) is 27.1. The van der Waals surface area contributed by atoms with Gasteiger partial charge in [-0.05, 0) is 19.3 Å². The van der Waals surface area contributed by atoms with Crippen molar-refractivity contribution >= 4 is 17.7 Å². The molecule has 1 fully saturated rings. The fourth-order valence-corrected chi connectivity index (χ4v) is 2.98. The van der Waals surface area contributed by atoms with Crippen LogP contribution in [0.15, 0.2) is 12.1 Å². The molecule has 8 heteroatoms. The van der Waals surface area contributed by atoms with E-state index in [0.717, 1.165) is 12.8 Å². The fraction of sp³-hybridized carbons (Fsp3) is 0.529. The highest BCUT2D eigenvalue weighted by molar-refractivity contribution is 5.94. The van der Waals surface area contributed by atoms with Gasteiger partial charge in [-0.25, -0.2) is 9.59 Å². The summed E-state index contributed by atoms with van der Waals surface area (Å²) in [7, 11) is 6.08.